The summed E-state index contributed by atoms with van der Waals surface area (Å²) in [6.07, 6.45) is 2.07. The summed E-state index contributed by atoms with van der Waals surface area (Å²) in [5, 5.41) is 5.22. The van der Waals surface area contributed by atoms with Crippen LogP contribution in [0, 0.1) is 0 Å². The van der Waals surface area contributed by atoms with Crippen molar-refractivity contribution in [3.05, 3.63) is 39.8 Å². The smallest absolute Gasteiger partial charge is 0.270 e. The van der Waals surface area contributed by atoms with E-state index in [1.54, 1.807) is 17.4 Å². The fourth-order valence-electron chi connectivity index (χ4n) is 3.10. The fourth-order valence-corrected chi connectivity index (χ4v) is 3.84. The summed E-state index contributed by atoms with van der Waals surface area (Å²) >= 11 is 1.77. The number of piperidine rings is 1. The minimum Gasteiger partial charge on any atom is -0.368 e. The average Bonchev–Trinajstić information content (AvgIpc) is 3.07. The van der Waals surface area contributed by atoms with Crippen LogP contribution < -0.4 is 11.1 Å². The number of aromatic nitrogens is 2. The number of nitrogen functional groups attached to an aromatic ring is 1. The predicted molar refractivity (Wildman–Crippen MR) is 101 cm³/mol. The van der Waals surface area contributed by atoms with Gasteiger partial charge in [0.25, 0.3) is 5.91 Å². The lowest BCUT2D eigenvalue weighted by molar-refractivity contribution is 0.0896. The zero-order chi connectivity index (χ0) is 17.8. The Morgan fingerprint density at radius 2 is 2.32 bits per heavy atom. The lowest BCUT2D eigenvalue weighted by Crippen LogP contribution is -2.47. The summed E-state index contributed by atoms with van der Waals surface area (Å²) in [6.45, 7) is 6.92. The number of carbonyl (C=O) groups excluding carboxylic acids is 1. The third-order valence-corrected chi connectivity index (χ3v) is 5.25. The normalized spacial score (nSPS) is 18.4. The van der Waals surface area contributed by atoms with Gasteiger partial charge in [0, 0.05) is 29.7 Å². The Balaban J connectivity index is 1.62. The molecule has 134 valence electrons. The van der Waals surface area contributed by atoms with E-state index in [2.05, 4.69) is 37.7 Å². The summed E-state index contributed by atoms with van der Waals surface area (Å²) in [5.41, 5.74) is 6.90. The van der Waals surface area contributed by atoms with Crippen LogP contribution in [0.3, 0.4) is 0 Å². The van der Waals surface area contributed by atoms with Gasteiger partial charge in [0.05, 0.1) is 0 Å². The Labute approximate surface area is 152 Å². The van der Waals surface area contributed by atoms with Crippen LogP contribution in [-0.4, -0.2) is 39.9 Å². The maximum atomic E-state index is 12.6. The molecule has 3 N–H and O–H groups in total. The van der Waals surface area contributed by atoms with Gasteiger partial charge in [0.2, 0.25) is 5.95 Å². The molecule has 2 aromatic heterocycles. The molecule has 3 heterocycles. The van der Waals surface area contributed by atoms with Crippen LogP contribution in [0.2, 0.25) is 0 Å². The summed E-state index contributed by atoms with van der Waals surface area (Å²) in [5.74, 6) is 0.186. The number of amides is 1. The van der Waals surface area contributed by atoms with Gasteiger partial charge in [-0.1, -0.05) is 19.9 Å². The first-order valence-electron chi connectivity index (χ1n) is 8.71. The van der Waals surface area contributed by atoms with Crippen molar-refractivity contribution >= 4 is 23.2 Å². The maximum Gasteiger partial charge on any atom is 0.270 e. The molecular weight excluding hydrogens is 334 g/mol. The molecule has 1 aliphatic rings. The van der Waals surface area contributed by atoms with Crippen LogP contribution >= 0.6 is 11.3 Å². The van der Waals surface area contributed by atoms with Crippen molar-refractivity contribution in [3.63, 3.8) is 0 Å². The number of nitrogens with zero attached hydrogens (tertiary/aromatic N) is 3. The first-order chi connectivity index (χ1) is 12.0. The molecule has 0 saturated carbocycles. The maximum absolute atomic E-state index is 12.6. The van der Waals surface area contributed by atoms with Crippen molar-refractivity contribution in [2.45, 2.75) is 45.2 Å². The third kappa shape index (κ3) is 4.76. The molecule has 25 heavy (non-hydrogen) atoms. The van der Waals surface area contributed by atoms with Gasteiger partial charge in [-0.2, -0.15) is 0 Å². The van der Waals surface area contributed by atoms with Gasteiger partial charge >= 0.3 is 0 Å². The number of hydrogen-bond donors (Lipinski definition) is 2. The SMILES string of the molecule is CC(C)c1cc(C(=O)N[C@@H]2CCCN(Cc3cccs3)C2)nc(N)n1. The topological polar surface area (TPSA) is 84.1 Å². The van der Waals surface area contributed by atoms with Crippen molar-refractivity contribution in [3.8, 4) is 0 Å². The van der Waals surface area contributed by atoms with Crippen molar-refractivity contribution in [2.75, 3.05) is 18.8 Å². The summed E-state index contributed by atoms with van der Waals surface area (Å²) in [7, 11) is 0. The number of anilines is 1. The summed E-state index contributed by atoms with van der Waals surface area (Å²) < 4.78 is 0. The molecule has 0 radical (unpaired) electrons. The highest BCUT2D eigenvalue weighted by molar-refractivity contribution is 7.09. The Hall–Kier alpha value is -1.99. The molecule has 1 saturated heterocycles. The number of hydrogen-bond acceptors (Lipinski definition) is 6. The second-order valence-electron chi connectivity index (χ2n) is 6.82. The van der Waals surface area contributed by atoms with E-state index in [4.69, 9.17) is 5.73 Å². The number of carbonyl (C=O) groups is 1. The van der Waals surface area contributed by atoms with E-state index in [-0.39, 0.29) is 23.8 Å². The van der Waals surface area contributed by atoms with Crippen molar-refractivity contribution in [1.29, 1.82) is 0 Å². The minimum absolute atomic E-state index is 0.139. The monoisotopic (exact) mass is 359 g/mol. The van der Waals surface area contributed by atoms with Crippen molar-refractivity contribution < 1.29 is 4.79 Å². The van der Waals surface area contributed by atoms with E-state index in [1.165, 1.54) is 4.88 Å². The van der Waals surface area contributed by atoms with E-state index >= 15 is 0 Å². The number of thiophene rings is 1. The van der Waals surface area contributed by atoms with E-state index in [1.807, 2.05) is 13.8 Å². The Kier molecular flexibility index (Phi) is 5.65. The molecule has 0 bridgehead atoms. The molecule has 0 spiro atoms. The van der Waals surface area contributed by atoms with Crippen LogP contribution in [0.15, 0.2) is 23.6 Å². The quantitative estimate of drug-likeness (QED) is 0.857. The molecule has 1 atom stereocenters. The Morgan fingerprint density at radius 3 is 3.04 bits per heavy atom. The predicted octanol–water partition coefficient (Wildman–Crippen LogP) is 2.64. The van der Waals surface area contributed by atoms with Gasteiger partial charge < -0.3 is 11.1 Å². The standard InChI is InChI=1S/C18H25N5OS/c1-12(2)15-9-16(22-18(19)21-15)17(24)20-13-5-3-7-23(10-13)11-14-6-4-8-25-14/h4,6,8-9,12-13H,3,5,7,10-11H2,1-2H3,(H,20,24)(H2,19,21,22)/t13-/m1/s1. The van der Waals surface area contributed by atoms with Crippen molar-refractivity contribution in [2.24, 2.45) is 0 Å². The Bertz CT molecular complexity index is 716. The number of rotatable bonds is 5. The van der Waals surface area contributed by atoms with E-state index in [9.17, 15) is 4.79 Å². The highest BCUT2D eigenvalue weighted by atomic mass is 32.1. The van der Waals surface area contributed by atoms with Crippen LogP contribution in [0.5, 0.6) is 0 Å². The lowest BCUT2D eigenvalue weighted by atomic mass is 10.0. The minimum atomic E-state index is -0.168. The van der Waals surface area contributed by atoms with Gasteiger partial charge in [-0.3, -0.25) is 9.69 Å². The second-order valence-corrected chi connectivity index (χ2v) is 7.85. The molecule has 0 unspecified atom stereocenters. The molecule has 6 nitrogen and oxygen atoms in total. The first-order valence-corrected chi connectivity index (χ1v) is 9.59. The van der Waals surface area contributed by atoms with Crippen LogP contribution in [0.25, 0.3) is 0 Å². The summed E-state index contributed by atoms with van der Waals surface area (Å²) in [6, 6.07) is 6.11. The molecule has 1 fully saturated rings. The zero-order valence-electron chi connectivity index (χ0n) is 14.7. The second kappa shape index (κ2) is 7.93. The first kappa shape index (κ1) is 17.8. The lowest BCUT2D eigenvalue weighted by Gasteiger charge is -2.32. The molecule has 1 aliphatic heterocycles. The highest BCUT2D eigenvalue weighted by Gasteiger charge is 2.23. The van der Waals surface area contributed by atoms with Gasteiger partial charge in [-0.25, -0.2) is 9.97 Å². The van der Waals surface area contributed by atoms with Crippen molar-refractivity contribution in [1.82, 2.24) is 20.2 Å². The number of nitrogens with two attached hydrogens (primary N) is 1. The molecule has 7 heteroatoms. The number of nitrogens with one attached hydrogen (secondary N) is 1. The molecule has 1 amide bonds. The van der Waals surface area contributed by atoms with Gasteiger partial charge in [-0.15, -0.1) is 11.3 Å². The van der Waals surface area contributed by atoms with E-state index in [0.29, 0.717) is 5.69 Å². The zero-order valence-corrected chi connectivity index (χ0v) is 15.6. The molecule has 0 aliphatic carbocycles. The number of likely N-dealkylation sites (tertiary alicyclic amines) is 1. The molecule has 2 aromatic rings. The van der Waals surface area contributed by atoms with E-state index in [0.717, 1.165) is 38.2 Å². The average molecular weight is 359 g/mol. The molecule has 3 rings (SSSR count). The van der Waals surface area contributed by atoms with Crippen LogP contribution in [0.1, 0.15) is 53.7 Å². The van der Waals surface area contributed by atoms with Gasteiger partial charge in [0.1, 0.15) is 5.69 Å². The largest absolute Gasteiger partial charge is 0.368 e. The van der Waals surface area contributed by atoms with Crippen LogP contribution in [0.4, 0.5) is 5.95 Å². The molecule has 0 aromatic carbocycles. The van der Waals surface area contributed by atoms with Gasteiger partial charge in [-0.05, 0) is 42.8 Å². The Morgan fingerprint density at radius 1 is 1.48 bits per heavy atom. The van der Waals surface area contributed by atoms with E-state index < -0.39 is 0 Å². The fraction of sp³-hybridized carbons (Fsp3) is 0.500. The highest BCUT2D eigenvalue weighted by Crippen LogP contribution is 2.18. The molecular formula is C18H25N5OS. The van der Waals surface area contributed by atoms with Gasteiger partial charge in [0.15, 0.2) is 0 Å². The summed E-state index contributed by atoms with van der Waals surface area (Å²) in [4.78, 5) is 24.6. The van der Waals surface area contributed by atoms with Crippen LogP contribution in [-0.2, 0) is 6.54 Å². The third-order valence-electron chi connectivity index (χ3n) is 4.39.